The molecular formula is C27H25N5O2S. The molecule has 0 aliphatic heterocycles. The Balaban J connectivity index is 1.56. The summed E-state index contributed by atoms with van der Waals surface area (Å²) in [6.07, 6.45) is 0. The van der Waals surface area contributed by atoms with E-state index in [2.05, 4.69) is 27.6 Å². The molecule has 1 amide bonds. The summed E-state index contributed by atoms with van der Waals surface area (Å²) in [4.78, 5) is 26.2. The molecule has 0 fully saturated rings. The molecule has 0 saturated heterocycles. The second-order valence-corrected chi connectivity index (χ2v) is 9.78. The van der Waals surface area contributed by atoms with Gasteiger partial charge in [0.15, 0.2) is 5.16 Å². The normalized spacial score (nSPS) is 11.3. The van der Waals surface area contributed by atoms with Gasteiger partial charge in [-0.3, -0.25) is 14.0 Å². The van der Waals surface area contributed by atoms with Crippen LogP contribution in [0.5, 0.6) is 0 Å². The molecule has 0 atom stereocenters. The first kappa shape index (κ1) is 22.9. The van der Waals surface area contributed by atoms with Gasteiger partial charge in [-0.15, -0.1) is 10.2 Å². The van der Waals surface area contributed by atoms with E-state index in [0.29, 0.717) is 21.8 Å². The number of nitrogens with zero attached hydrogens (tertiary/aromatic N) is 4. The number of hydrogen-bond donors (Lipinski definition) is 1. The van der Waals surface area contributed by atoms with Crippen LogP contribution >= 0.6 is 11.8 Å². The van der Waals surface area contributed by atoms with E-state index in [1.807, 2.05) is 74.6 Å². The van der Waals surface area contributed by atoms with Gasteiger partial charge in [-0.05, 0) is 86.3 Å². The summed E-state index contributed by atoms with van der Waals surface area (Å²) in [7, 11) is 0. The number of nitrogens with one attached hydrogen (secondary N) is 1. The molecule has 2 heterocycles. The summed E-state index contributed by atoms with van der Waals surface area (Å²) >= 11 is 1.29. The van der Waals surface area contributed by atoms with E-state index in [4.69, 9.17) is 0 Å². The molecular weight excluding hydrogens is 458 g/mol. The smallest absolute Gasteiger partial charge is 0.267 e. The van der Waals surface area contributed by atoms with E-state index in [-0.39, 0.29) is 17.2 Å². The zero-order valence-corrected chi connectivity index (χ0v) is 20.8. The molecule has 5 aromatic rings. The zero-order valence-electron chi connectivity index (χ0n) is 20.0. The van der Waals surface area contributed by atoms with Crippen LogP contribution in [0.2, 0.25) is 0 Å². The van der Waals surface area contributed by atoms with Gasteiger partial charge < -0.3 is 5.32 Å². The number of aromatic nitrogens is 4. The average Bonchev–Trinajstić information content (AvgIpc) is 3.20. The molecule has 35 heavy (non-hydrogen) atoms. The lowest BCUT2D eigenvalue weighted by Crippen LogP contribution is -2.22. The van der Waals surface area contributed by atoms with E-state index in [0.717, 1.165) is 33.6 Å². The van der Waals surface area contributed by atoms with E-state index >= 15 is 0 Å². The quantitative estimate of drug-likeness (QED) is 0.356. The van der Waals surface area contributed by atoms with Gasteiger partial charge in [0.2, 0.25) is 11.7 Å². The number of aryl methyl sites for hydroxylation is 4. The maximum atomic E-state index is 13.5. The maximum absolute atomic E-state index is 13.5. The van der Waals surface area contributed by atoms with E-state index < -0.39 is 0 Å². The van der Waals surface area contributed by atoms with E-state index in [9.17, 15) is 9.59 Å². The number of amides is 1. The Morgan fingerprint density at radius 2 is 1.51 bits per heavy atom. The van der Waals surface area contributed by atoms with Gasteiger partial charge in [-0.2, -0.15) is 0 Å². The number of thioether (sulfide) groups is 1. The Labute approximate surface area is 206 Å². The topological polar surface area (TPSA) is 81.3 Å². The van der Waals surface area contributed by atoms with Crippen molar-refractivity contribution in [3.05, 3.63) is 93.3 Å². The molecule has 2 aromatic heterocycles. The lowest BCUT2D eigenvalue weighted by atomic mass is 10.1. The highest BCUT2D eigenvalue weighted by Crippen LogP contribution is 2.24. The molecule has 3 aromatic carbocycles. The first-order valence-electron chi connectivity index (χ1n) is 11.3. The molecule has 5 rings (SSSR count). The van der Waals surface area contributed by atoms with Gasteiger partial charge in [0.05, 0.1) is 22.3 Å². The lowest BCUT2D eigenvalue weighted by Gasteiger charge is -2.12. The number of para-hydroxylation sites is 1. The van der Waals surface area contributed by atoms with Crippen LogP contribution in [-0.4, -0.2) is 30.8 Å². The van der Waals surface area contributed by atoms with Crippen LogP contribution in [0.3, 0.4) is 0 Å². The van der Waals surface area contributed by atoms with Crippen LogP contribution in [0, 0.1) is 27.7 Å². The van der Waals surface area contributed by atoms with Crippen molar-refractivity contribution in [2.45, 2.75) is 32.9 Å². The van der Waals surface area contributed by atoms with Crippen LogP contribution in [-0.2, 0) is 4.79 Å². The molecule has 8 heteroatoms. The third-order valence-corrected chi connectivity index (χ3v) is 6.63. The average molecular weight is 484 g/mol. The first-order valence-corrected chi connectivity index (χ1v) is 12.3. The number of hydrogen-bond acceptors (Lipinski definition) is 5. The molecule has 176 valence electrons. The molecule has 1 N–H and O–H groups in total. The predicted molar refractivity (Wildman–Crippen MR) is 141 cm³/mol. The fourth-order valence-corrected chi connectivity index (χ4v) is 5.20. The van der Waals surface area contributed by atoms with Gasteiger partial charge in [-0.25, -0.2) is 4.57 Å². The minimum atomic E-state index is -0.158. The SMILES string of the molecule is Cc1cc(C)cc(NC(=O)CSc2nnc3n(-c4cc(C)cc(C)c4)c(=O)c4ccccc4n23)c1. The van der Waals surface area contributed by atoms with Crippen LogP contribution in [0.25, 0.3) is 22.4 Å². The van der Waals surface area contributed by atoms with Crippen molar-refractivity contribution < 1.29 is 4.79 Å². The number of carbonyl (C=O) groups excluding carboxylic acids is 1. The second-order valence-electron chi connectivity index (χ2n) is 8.83. The fourth-order valence-electron chi connectivity index (χ4n) is 4.46. The van der Waals surface area contributed by atoms with Crippen molar-refractivity contribution in [2.24, 2.45) is 0 Å². The number of fused-ring (bicyclic) bond motifs is 3. The van der Waals surface area contributed by atoms with Crippen LogP contribution in [0.1, 0.15) is 22.3 Å². The molecule has 0 aliphatic carbocycles. The number of anilines is 1. The Bertz CT molecular complexity index is 1630. The fraction of sp³-hybridized carbons (Fsp3) is 0.185. The zero-order chi connectivity index (χ0) is 24.7. The maximum Gasteiger partial charge on any atom is 0.267 e. The van der Waals surface area contributed by atoms with Crippen molar-refractivity contribution in [3.63, 3.8) is 0 Å². The number of rotatable bonds is 5. The second kappa shape index (κ2) is 9.03. The molecule has 0 unspecified atom stereocenters. The highest BCUT2D eigenvalue weighted by Gasteiger charge is 2.19. The van der Waals surface area contributed by atoms with Crippen LogP contribution in [0.4, 0.5) is 5.69 Å². The third kappa shape index (κ3) is 4.44. The predicted octanol–water partition coefficient (Wildman–Crippen LogP) is 5.00. The molecule has 0 radical (unpaired) electrons. The van der Waals surface area contributed by atoms with Crippen molar-refractivity contribution in [1.82, 2.24) is 19.2 Å². The summed E-state index contributed by atoms with van der Waals surface area (Å²) in [5.41, 5.74) is 6.34. The van der Waals surface area contributed by atoms with E-state index in [1.54, 1.807) is 10.6 Å². The molecule has 0 bridgehead atoms. The summed E-state index contributed by atoms with van der Waals surface area (Å²) < 4.78 is 3.44. The Kier molecular flexibility index (Phi) is 5.90. The summed E-state index contributed by atoms with van der Waals surface area (Å²) in [6, 6.07) is 19.3. The van der Waals surface area contributed by atoms with Crippen molar-refractivity contribution in [1.29, 1.82) is 0 Å². The van der Waals surface area contributed by atoms with Crippen molar-refractivity contribution >= 4 is 40.0 Å². The Morgan fingerprint density at radius 3 is 2.20 bits per heavy atom. The molecule has 0 aliphatic rings. The Morgan fingerprint density at radius 1 is 0.886 bits per heavy atom. The lowest BCUT2D eigenvalue weighted by molar-refractivity contribution is -0.113. The van der Waals surface area contributed by atoms with Gasteiger partial charge >= 0.3 is 0 Å². The van der Waals surface area contributed by atoms with Gasteiger partial charge in [0.25, 0.3) is 5.56 Å². The molecule has 0 saturated carbocycles. The largest absolute Gasteiger partial charge is 0.325 e. The van der Waals surface area contributed by atoms with Gasteiger partial charge in [0.1, 0.15) is 0 Å². The first-order chi connectivity index (χ1) is 16.8. The highest BCUT2D eigenvalue weighted by atomic mass is 32.2. The summed E-state index contributed by atoms with van der Waals surface area (Å²) in [6.45, 7) is 8.00. The number of benzene rings is 3. The van der Waals surface area contributed by atoms with Gasteiger partial charge in [-0.1, -0.05) is 36.0 Å². The molecule has 0 spiro atoms. The van der Waals surface area contributed by atoms with Crippen LogP contribution in [0.15, 0.2) is 70.6 Å². The monoisotopic (exact) mass is 483 g/mol. The van der Waals surface area contributed by atoms with Gasteiger partial charge in [0, 0.05) is 5.69 Å². The minimum absolute atomic E-state index is 0.135. The number of carbonyl (C=O) groups is 1. The standard InChI is InChI=1S/C27H25N5O2S/c1-16-9-17(2)12-20(11-16)28-24(33)15-35-27-30-29-26-31(21-13-18(3)10-19(4)14-21)25(34)22-7-5-6-8-23(22)32(26)27/h5-14H,15H2,1-4H3,(H,28,33). The summed E-state index contributed by atoms with van der Waals surface area (Å²) in [5, 5.41) is 12.8. The van der Waals surface area contributed by atoms with Crippen molar-refractivity contribution in [2.75, 3.05) is 11.1 Å². The minimum Gasteiger partial charge on any atom is -0.325 e. The van der Waals surface area contributed by atoms with Crippen LogP contribution < -0.4 is 10.9 Å². The summed E-state index contributed by atoms with van der Waals surface area (Å²) in [5.74, 6) is 0.435. The highest BCUT2D eigenvalue weighted by molar-refractivity contribution is 7.99. The van der Waals surface area contributed by atoms with E-state index in [1.165, 1.54) is 11.8 Å². The Hall–Kier alpha value is -3.91. The molecule has 7 nitrogen and oxygen atoms in total. The third-order valence-electron chi connectivity index (χ3n) is 5.70. The van der Waals surface area contributed by atoms with Crippen molar-refractivity contribution in [3.8, 4) is 5.69 Å².